The number of hydrogen-bond donors (Lipinski definition) is 1. The zero-order valence-corrected chi connectivity index (χ0v) is 8.72. The van der Waals surface area contributed by atoms with E-state index in [-0.39, 0.29) is 5.91 Å². The Morgan fingerprint density at radius 1 is 1.47 bits per heavy atom. The molecule has 1 saturated heterocycles. The molecule has 82 valence electrons. The molecule has 0 atom stereocenters. The molecule has 1 aliphatic heterocycles. The van der Waals surface area contributed by atoms with Gasteiger partial charge in [-0.05, 0) is 12.8 Å². The summed E-state index contributed by atoms with van der Waals surface area (Å²) >= 11 is 0. The SMILES string of the molecule is NCCn1cc(C(=O)N2CCCC2)cn1. The van der Waals surface area contributed by atoms with Crippen LogP contribution in [-0.2, 0) is 6.54 Å². The lowest BCUT2D eigenvalue weighted by molar-refractivity contribution is 0.0792. The third kappa shape index (κ3) is 2.18. The molecule has 0 radical (unpaired) electrons. The average Bonchev–Trinajstić information content (AvgIpc) is 2.87. The predicted octanol–water partition coefficient (Wildman–Crippen LogP) is 0.0778. The molecule has 2 N–H and O–H groups in total. The molecular weight excluding hydrogens is 192 g/mol. The van der Waals surface area contributed by atoms with E-state index in [2.05, 4.69) is 5.10 Å². The van der Waals surface area contributed by atoms with Crippen LogP contribution in [0.5, 0.6) is 0 Å². The third-order valence-corrected chi connectivity index (χ3v) is 2.63. The number of rotatable bonds is 3. The van der Waals surface area contributed by atoms with E-state index < -0.39 is 0 Å². The van der Waals surface area contributed by atoms with E-state index in [1.54, 1.807) is 17.1 Å². The molecule has 1 aromatic rings. The number of nitrogens with two attached hydrogens (primary N) is 1. The molecule has 5 heteroatoms. The molecule has 0 aromatic carbocycles. The molecule has 2 rings (SSSR count). The Morgan fingerprint density at radius 2 is 2.20 bits per heavy atom. The summed E-state index contributed by atoms with van der Waals surface area (Å²) in [5.74, 6) is 0.0933. The number of carbonyl (C=O) groups excluding carboxylic acids is 1. The van der Waals surface area contributed by atoms with Crippen molar-refractivity contribution >= 4 is 5.91 Å². The maximum absolute atomic E-state index is 11.9. The van der Waals surface area contributed by atoms with Gasteiger partial charge in [0, 0.05) is 25.8 Å². The van der Waals surface area contributed by atoms with Gasteiger partial charge >= 0.3 is 0 Å². The fourth-order valence-electron chi connectivity index (χ4n) is 1.83. The van der Waals surface area contributed by atoms with Gasteiger partial charge in [0.1, 0.15) is 0 Å². The van der Waals surface area contributed by atoms with Crippen molar-refractivity contribution in [1.29, 1.82) is 0 Å². The lowest BCUT2D eigenvalue weighted by atomic mass is 10.3. The Hall–Kier alpha value is -1.36. The number of likely N-dealkylation sites (tertiary alicyclic amines) is 1. The van der Waals surface area contributed by atoms with Gasteiger partial charge in [-0.3, -0.25) is 9.48 Å². The second-order valence-electron chi connectivity index (χ2n) is 3.78. The minimum Gasteiger partial charge on any atom is -0.339 e. The molecule has 1 aliphatic rings. The minimum absolute atomic E-state index is 0.0933. The lowest BCUT2D eigenvalue weighted by Crippen LogP contribution is -2.27. The summed E-state index contributed by atoms with van der Waals surface area (Å²) in [6, 6.07) is 0. The highest BCUT2D eigenvalue weighted by atomic mass is 16.2. The molecule has 0 unspecified atom stereocenters. The average molecular weight is 208 g/mol. The first-order chi connectivity index (χ1) is 7.31. The van der Waals surface area contributed by atoms with Gasteiger partial charge in [0.15, 0.2) is 0 Å². The Labute approximate surface area is 88.8 Å². The zero-order chi connectivity index (χ0) is 10.7. The second kappa shape index (κ2) is 4.44. The molecule has 15 heavy (non-hydrogen) atoms. The summed E-state index contributed by atoms with van der Waals surface area (Å²) in [7, 11) is 0. The molecule has 1 aromatic heterocycles. The van der Waals surface area contributed by atoms with Gasteiger partial charge in [-0.2, -0.15) is 5.10 Å². The maximum Gasteiger partial charge on any atom is 0.257 e. The van der Waals surface area contributed by atoms with Crippen molar-refractivity contribution in [3.63, 3.8) is 0 Å². The zero-order valence-electron chi connectivity index (χ0n) is 8.72. The Balaban J connectivity index is 2.04. The topological polar surface area (TPSA) is 64.2 Å². The molecule has 2 heterocycles. The first-order valence-corrected chi connectivity index (χ1v) is 5.33. The van der Waals surface area contributed by atoms with Gasteiger partial charge in [0.2, 0.25) is 0 Å². The maximum atomic E-state index is 11.9. The van der Waals surface area contributed by atoms with Crippen molar-refractivity contribution < 1.29 is 4.79 Å². The van der Waals surface area contributed by atoms with Crippen LogP contribution in [0.15, 0.2) is 12.4 Å². The molecule has 0 spiro atoms. The fourth-order valence-corrected chi connectivity index (χ4v) is 1.83. The third-order valence-electron chi connectivity index (χ3n) is 2.63. The smallest absolute Gasteiger partial charge is 0.257 e. The molecule has 0 bridgehead atoms. The highest BCUT2D eigenvalue weighted by Crippen LogP contribution is 2.12. The quantitative estimate of drug-likeness (QED) is 0.765. The second-order valence-corrected chi connectivity index (χ2v) is 3.78. The first kappa shape index (κ1) is 10.2. The number of hydrogen-bond acceptors (Lipinski definition) is 3. The van der Waals surface area contributed by atoms with Crippen molar-refractivity contribution in [3.05, 3.63) is 18.0 Å². The van der Waals surface area contributed by atoms with Crippen LogP contribution >= 0.6 is 0 Å². The summed E-state index contributed by atoms with van der Waals surface area (Å²) in [6.45, 7) is 2.95. The number of amides is 1. The Bertz CT molecular complexity index is 341. The predicted molar refractivity (Wildman–Crippen MR) is 56.4 cm³/mol. The van der Waals surface area contributed by atoms with Crippen molar-refractivity contribution in [2.24, 2.45) is 5.73 Å². The summed E-state index contributed by atoms with van der Waals surface area (Å²) < 4.78 is 1.71. The van der Waals surface area contributed by atoms with Crippen LogP contribution in [-0.4, -0.2) is 40.2 Å². The Morgan fingerprint density at radius 3 is 2.87 bits per heavy atom. The van der Waals surface area contributed by atoms with Crippen LogP contribution in [0.2, 0.25) is 0 Å². The molecule has 1 fully saturated rings. The van der Waals surface area contributed by atoms with Crippen LogP contribution in [0.3, 0.4) is 0 Å². The minimum atomic E-state index is 0.0933. The molecule has 1 amide bonds. The van der Waals surface area contributed by atoms with Crippen molar-refractivity contribution in [2.75, 3.05) is 19.6 Å². The molecular formula is C10H16N4O. The van der Waals surface area contributed by atoms with Crippen LogP contribution < -0.4 is 5.73 Å². The number of aromatic nitrogens is 2. The fraction of sp³-hybridized carbons (Fsp3) is 0.600. The van der Waals surface area contributed by atoms with Gasteiger partial charge in [-0.15, -0.1) is 0 Å². The van der Waals surface area contributed by atoms with Gasteiger partial charge in [-0.1, -0.05) is 0 Å². The number of nitrogens with zero attached hydrogens (tertiary/aromatic N) is 3. The highest BCUT2D eigenvalue weighted by Gasteiger charge is 2.20. The summed E-state index contributed by atoms with van der Waals surface area (Å²) in [5, 5.41) is 4.09. The first-order valence-electron chi connectivity index (χ1n) is 5.33. The summed E-state index contributed by atoms with van der Waals surface area (Å²) in [4.78, 5) is 13.8. The summed E-state index contributed by atoms with van der Waals surface area (Å²) in [6.07, 6.45) is 5.62. The Kier molecular flexibility index (Phi) is 3.01. The largest absolute Gasteiger partial charge is 0.339 e. The van der Waals surface area contributed by atoms with E-state index >= 15 is 0 Å². The van der Waals surface area contributed by atoms with E-state index in [0.717, 1.165) is 25.9 Å². The normalized spacial score (nSPS) is 15.9. The van der Waals surface area contributed by atoms with E-state index in [1.807, 2.05) is 4.90 Å². The van der Waals surface area contributed by atoms with E-state index in [9.17, 15) is 4.79 Å². The van der Waals surface area contributed by atoms with E-state index in [1.165, 1.54) is 0 Å². The van der Waals surface area contributed by atoms with Gasteiger partial charge in [0.05, 0.1) is 18.3 Å². The van der Waals surface area contributed by atoms with Crippen LogP contribution in [0.4, 0.5) is 0 Å². The van der Waals surface area contributed by atoms with Crippen LogP contribution in [0.1, 0.15) is 23.2 Å². The van der Waals surface area contributed by atoms with E-state index in [0.29, 0.717) is 18.7 Å². The monoisotopic (exact) mass is 208 g/mol. The van der Waals surface area contributed by atoms with Crippen LogP contribution in [0, 0.1) is 0 Å². The lowest BCUT2D eigenvalue weighted by Gasteiger charge is -2.13. The number of carbonyl (C=O) groups is 1. The van der Waals surface area contributed by atoms with Gasteiger partial charge in [0.25, 0.3) is 5.91 Å². The molecule has 5 nitrogen and oxygen atoms in total. The highest BCUT2D eigenvalue weighted by molar-refractivity contribution is 5.93. The molecule has 0 saturated carbocycles. The van der Waals surface area contributed by atoms with Crippen molar-refractivity contribution in [3.8, 4) is 0 Å². The van der Waals surface area contributed by atoms with E-state index in [4.69, 9.17) is 5.73 Å². The van der Waals surface area contributed by atoms with Gasteiger partial charge < -0.3 is 10.6 Å². The summed E-state index contributed by atoms with van der Waals surface area (Å²) in [5.41, 5.74) is 6.08. The van der Waals surface area contributed by atoms with Gasteiger partial charge in [-0.25, -0.2) is 0 Å². The standard InChI is InChI=1S/C10H16N4O/c11-3-6-14-8-9(7-12-14)10(15)13-4-1-2-5-13/h7-8H,1-6,11H2. The van der Waals surface area contributed by atoms with Crippen molar-refractivity contribution in [1.82, 2.24) is 14.7 Å². The van der Waals surface area contributed by atoms with Crippen LogP contribution in [0.25, 0.3) is 0 Å². The molecule has 0 aliphatic carbocycles. The van der Waals surface area contributed by atoms with Crippen molar-refractivity contribution in [2.45, 2.75) is 19.4 Å².